The molecule has 1 aliphatic rings. The molecule has 27 heavy (non-hydrogen) atoms. The molecule has 2 aromatic rings. The fraction of sp³-hybridized carbons (Fsp3) is 0.350. The molecule has 0 aliphatic carbocycles. The van der Waals surface area contributed by atoms with Crippen molar-refractivity contribution >= 4 is 11.6 Å². The van der Waals surface area contributed by atoms with E-state index < -0.39 is 16.6 Å². The molecule has 7 heteroatoms. The maximum atomic E-state index is 14.0. The maximum Gasteiger partial charge on any atom is 0.276 e. The van der Waals surface area contributed by atoms with Gasteiger partial charge in [-0.3, -0.25) is 14.9 Å². The van der Waals surface area contributed by atoms with Gasteiger partial charge in [-0.1, -0.05) is 12.1 Å². The summed E-state index contributed by atoms with van der Waals surface area (Å²) in [5, 5.41) is 11.1. The Morgan fingerprint density at radius 1 is 1.22 bits per heavy atom. The molecule has 1 fully saturated rings. The van der Waals surface area contributed by atoms with Crippen LogP contribution in [0.2, 0.25) is 0 Å². The van der Waals surface area contributed by atoms with Gasteiger partial charge in [-0.2, -0.15) is 0 Å². The number of nitrogens with zero attached hydrogens (tertiary/aromatic N) is 2. The minimum absolute atomic E-state index is 0.00613. The van der Waals surface area contributed by atoms with Crippen molar-refractivity contribution in [3.05, 3.63) is 74.8 Å². The second-order valence-electron chi connectivity index (χ2n) is 6.93. The van der Waals surface area contributed by atoms with Gasteiger partial charge in [0.25, 0.3) is 11.6 Å². The normalized spacial score (nSPS) is 15.0. The van der Waals surface area contributed by atoms with E-state index in [0.29, 0.717) is 19.0 Å². The molecule has 0 atom stereocenters. The Balaban J connectivity index is 1.66. The zero-order chi connectivity index (χ0) is 19.6. The van der Waals surface area contributed by atoms with Crippen LogP contribution in [0.4, 0.5) is 14.5 Å². The highest BCUT2D eigenvalue weighted by atomic mass is 19.1. The zero-order valence-electron chi connectivity index (χ0n) is 15.0. The summed E-state index contributed by atoms with van der Waals surface area (Å²) in [6.07, 6.45) is 2.24. The molecule has 0 bridgehead atoms. The van der Waals surface area contributed by atoms with Gasteiger partial charge >= 0.3 is 0 Å². The van der Waals surface area contributed by atoms with Crippen molar-refractivity contribution in [2.45, 2.75) is 26.2 Å². The summed E-state index contributed by atoms with van der Waals surface area (Å²) in [6.45, 7) is 2.30. The van der Waals surface area contributed by atoms with Crippen molar-refractivity contribution in [1.82, 2.24) is 4.90 Å². The Kier molecular flexibility index (Phi) is 5.48. The summed E-state index contributed by atoms with van der Waals surface area (Å²) < 4.78 is 27.3. The van der Waals surface area contributed by atoms with Gasteiger partial charge in [0, 0.05) is 24.7 Å². The Bertz CT molecular complexity index is 878. The number of carbonyl (C=O) groups excluding carboxylic acids is 1. The number of hydrogen-bond acceptors (Lipinski definition) is 3. The minimum atomic E-state index is -0.756. The highest BCUT2D eigenvalue weighted by molar-refractivity contribution is 5.95. The molecule has 3 rings (SSSR count). The molecule has 5 nitrogen and oxygen atoms in total. The minimum Gasteiger partial charge on any atom is -0.339 e. The van der Waals surface area contributed by atoms with Gasteiger partial charge in [-0.15, -0.1) is 0 Å². The van der Waals surface area contributed by atoms with Gasteiger partial charge in [-0.05, 0) is 55.9 Å². The topological polar surface area (TPSA) is 63.5 Å². The molecular formula is C20H20F2N2O3. The van der Waals surface area contributed by atoms with E-state index in [0.717, 1.165) is 37.0 Å². The average molecular weight is 374 g/mol. The van der Waals surface area contributed by atoms with Crippen LogP contribution in [-0.2, 0) is 6.42 Å². The molecule has 0 spiro atoms. The lowest BCUT2D eigenvalue weighted by Gasteiger charge is -2.32. The Labute approximate surface area is 155 Å². The molecule has 0 saturated carbocycles. The molecule has 1 aliphatic heterocycles. The fourth-order valence-electron chi connectivity index (χ4n) is 3.50. The number of benzene rings is 2. The van der Waals surface area contributed by atoms with Crippen LogP contribution >= 0.6 is 0 Å². The SMILES string of the molecule is Cc1c(F)cc(C(=O)N2CCC(Cc3cccc(F)c3)CC2)cc1[N+](=O)[O-]. The van der Waals surface area contributed by atoms with E-state index >= 15 is 0 Å². The molecule has 0 unspecified atom stereocenters. The first-order valence-electron chi connectivity index (χ1n) is 8.83. The first-order chi connectivity index (χ1) is 12.8. The van der Waals surface area contributed by atoms with Crippen molar-refractivity contribution in [1.29, 1.82) is 0 Å². The van der Waals surface area contributed by atoms with E-state index in [9.17, 15) is 23.7 Å². The molecule has 0 aromatic heterocycles. The van der Waals surface area contributed by atoms with Gasteiger partial charge in [0.1, 0.15) is 11.6 Å². The lowest BCUT2D eigenvalue weighted by Crippen LogP contribution is -2.39. The number of halogens is 2. The highest BCUT2D eigenvalue weighted by Crippen LogP contribution is 2.26. The summed E-state index contributed by atoms with van der Waals surface area (Å²) in [5.41, 5.74) is 0.453. The lowest BCUT2D eigenvalue weighted by molar-refractivity contribution is -0.385. The fourth-order valence-corrected chi connectivity index (χ4v) is 3.50. The molecule has 142 valence electrons. The average Bonchev–Trinajstić information content (AvgIpc) is 2.63. The van der Waals surface area contributed by atoms with E-state index in [2.05, 4.69) is 0 Å². The molecule has 0 radical (unpaired) electrons. The first kappa shape index (κ1) is 18.9. The van der Waals surface area contributed by atoms with Gasteiger partial charge < -0.3 is 4.90 Å². The number of nitro benzene ring substituents is 1. The van der Waals surface area contributed by atoms with Crippen LogP contribution in [0, 0.1) is 34.6 Å². The van der Waals surface area contributed by atoms with E-state index in [1.807, 2.05) is 6.07 Å². The van der Waals surface area contributed by atoms with E-state index in [4.69, 9.17) is 0 Å². The Hall–Kier alpha value is -2.83. The maximum absolute atomic E-state index is 14.0. The van der Waals surface area contributed by atoms with Crippen molar-refractivity contribution < 1.29 is 18.5 Å². The quantitative estimate of drug-likeness (QED) is 0.593. The molecule has 1 amide bonds. The second-order valence-corrected chi connectivity index (χ2v) is 6.93. The van der Waals surface area contributed by atoms with Crippen LogP contribution in [0.25, 0.3) is 0 Å². The van der Waals surface area contributed by atoms with Crippen LogP contribution in [0.3, 0.4) is 0 Å². The molecule has 1 saturated heterocycles. The summed E-state index contributed by atoms with van der Waals surface area (Å²) in [5.74, 6) is -1.09. The predicted molar refractivity (Wildman–Crippen MR) is 96.5 cm³/mol. The third-order valence-corrected chi connectivity index (χ3v) is 5.08. The van der Waals surface area contributed by atoms with Crippen LogP contribution in [0.5, 0.6) is 0 Å². The third kappa shape index (κ3) is 4.30. The van der Waals surface area contributed by atoms with Gasteiger partial charge in [0.2, 0.25) is 0 Å². The number of likely N-dealkylation sites (tertiary alicyclic amines) is 1. The number of nitro groups is 1. The number of rotatable bonds is 4. The molecule has 0 N–H and O–H groups in total. The zero-order valence-corrected chi connectivity index (χ0v) is 15.0. The number of piperidine rings is 1. The van der Waals surface area contributed by atoms with Crippen LogP contribution in [0.15, 0.2) is 36.4 Å². The van der Waals surface area contributed by atoms with Gasteiger partial charge in [-0.25, -0.2) is 8.78 Å². The number of amides is 1. The smallest absolute Gasteiger partial charge is 0.276 e. The lowest BCUT2D eigenvalue weighted by atomic mass is 9.90. The van der Waals surface area contributed by atoms with Crippen LogP contribution in [0.1, 0.15) is 34.3 Å². The predicted octanol–water partition coefficient (Wildman–Crippen LogP) is 4.28. The summed E-state index contributed by atoms with van der Waals surface area (Å²) in [6, 6.07) is 8.69. The molecular weight excluding hydrogens is 354 g/mol. The first-order valence-corrected chi connectivity index (χ1v) is 8.83. The third-order valence-electron chi connectivity index (χ3n) is 5.08. The van der Waals surface area contributed by atoms with E-state index in [1.54, 1.807) is 11.0 Å². The van der Waals surface area contributed by atoms with Crippen LogP contribution in [-0.4, -0.2) is 28.8 Å². The largest absolute Gasteiger partial charge is 0.339 e. The van der Waals surface area contributed by atoms with Gasteiger partial charge in [0.05, 0.1) is 10.5 Å². The summed E-state index contributed by atoms with van der Waals surface area (Å²) in [7, 11) is 0. The van der Waals surface area contributed by atoms with Crippen molar-refractivity contribution in [2.75, 3.05) is 13.1 Å². The summed E-state index contributed by atoms with van der Waals surface area (Å²) >= 11 is 0. The molecule has 2 aromatic carbocycles. The summed E-state index contributed by atoms with van der Waals surface area (Å²) in [4.78, 5) is 24.6. The van der Waals surface area contributed by atoms with Crippen molar-refractivity contribution in [3.8, 4) is 0 Å². The van der Waals surface area contributed by atoms with Crippen molar-refractivity contribution in [2.24, 2.45) is 5.92 Å². The Morgan fingerprint density at radius 3 is 2.56 bits per heavy atom. The number of carbonyl (C=O) groups is 1. The van der Waals surface area contributed by atoms with Gasteiger partial charge in [0.15, 0.2) is 0 Å². The monoisotopic (exact) mass is 374 g/mol. The number of hydrogen-bond donors (Lipinski definition) is 0. The van der Waals surface area contributed by atoms with E-state index in [-0.39, 0.29) is 22.6 Å². The Morgan fingerprint density at radius 2 is 1.93 bits per heavy atom. The molecule has 1 heterocycles. The van der Waals surface area contributed by atoms with Crippen LogP contribution < -0.4 is 0 Å². The van der Waals surface area contributed by atoms with E-state index in [1.165, 1.54) is 19.1 Å². The highest BCUT2D eigenvalue weighted by Gasteiger charge is 2.26. The second kappa shape index (κ2) is 7.82. The van der Waals surface area contributed by atoms with Crippen molar-refractivity contribution in [3.63, 3.8) is 0 Å². The standard InChI is InChI=1S/C20H20F2N2O3/c1-13-18(22)11-16(12-19(13)24(26)27)20(25)23-7-5-14(6-8-23)9-15-3-2-4-17(21)10-15/h2-4,10-12,14H,5-9H2,1H3.